The van der Waals surface area contributed by atoms with Crippen LogP contribution in [-0.4, -0.2) is 34.8 Å². The summed E-state index contributed by atoms with van der Waals surface area (Å²) in [6.07, 6.45) is 4.62. The minimum Gasteiger partial charge on any atom is -0.489 e. The number of nitrogens with zero attached hydrogens (tertiary/aromatic N) is 2. The topological polar surface area (TPSA) is 71.5 Å². The number of amides is 2. The Kier molecular flexibility index (Phi) is 6.75. The number of rotatable bonds is 6. The Morgan fingerprint density at radius 1 is 1.06 bits per heavy atom. The molecule has 1 aliphatic rings. The molecule has 1 aromatic heterocycles. The van der Waals surface area contributed by atoms with Gasteiger partial charge in [0.25, 0.3) is 5.91 Å². The van der Waals surface area contributed by atoms with Crippen LogP contribution in [0.15, 0.2) is 73.1 Å². The van der Waals surface area contributed by atoms with Crippen molar-refractivity contribution in [2.45, 2.75) is 19.4 Å². The van der Waals surface area contributed by atoms with Crippen LogP contribution >= 0.6 is 0 Å². The van der Waals surface area contributed by atoms with Gasteiger partial charge in [0.05, 0.1) is 0 Å². The second-order valence-electron chi connectivity index (χ2n) is 7.74. The Balaban J connectivity index is 1.28. The van der Waals surface area contributed by atoms with Crippen LogP contribution in [0.25, 0.3) is 0 Å². The number of nitrogens with one attached hydrogen (secondary N) is 1. The summed E-state index contributed by atoms with van der Waals surface area (Å²) in [5.74, 6) is -0.0901. The SMILES string of the molecule is O=C(Nc1cccc(OCc2cccnc2)c1)C1CCN(C(=O)c2ccc(F)cc2)CC1. The number of halogens is 1. The Labute approximate surface area is 186 Å². The summed E-state index contributed by atoms with van der Waals surface area (Å²) >= 11 is 0. The molecule has 0 aliphatic carbocycles. The number of benzene rings is 2. The van der Waals surface area contributed by atoms with Gasteiger partial charge in [0.2, 0.25) is 5.91 Å². The highest BCUT2D eigenvalue weighted by atomic mass is 19.1. The van der Waals surface area contributed by atoms with Crippen LogP contribution in [0.5, 0.6) is 5.75 Å². The van der Waals surface area contributed by atoms with E-state index in [1.54, 1.807) is 23.4 Å². The number of hydrogen-bond donors (Lipinski definition) is 1. The Bertz CT molecular complexity index is 1070. The van der Waals surface area contributed by atoms with E-state index in [4.69, 9.17) is 4.74 Å². The predicted molar refractivity (Wildman–Crippen MR) is 119 cm³/mol. The zero-order valence-corrected chi connectivity index (χ0v) is 17.5. The maximum absolute atomic E-state index is 13.1. The standard InChI is InChI=1S/C25H24FN3O3/c26-21-8-6-20(7-9-21)25(31)29-13-10-19(11-14-29)24(30)28-22-4-1-5-23(15-22)32-17-18-3-2-12-27-16-18/h1-9,12,15-16,19H,10-11,13-14,17H2,(H,28,30). The third-order valence-corrected chi connectivity index (χ3v) is 5.47. The minimum atomic E-state index is -0.372. The molecule has 0 spiro atoms. The van der Waals surface area contributed by atoms with Gasteiger partial charge in [0.15, 0.2) is 0 Å². The lowest BCUT2D eigenvalue weighted by Gasteiger charge is -2.31. The van der Waals surface area contributed by atoms with E-state index in [2.05, 4.69) is 10.3 Å². The molecule has 6 nitrogen and oxygen atoms in total. The van der Waals surface area contributed by atoms with Crippen molar-refractivity contribution in [2.75, 3.05) is 18.4 Å². The maximum Gasteiger partial charge on any atom is 0.253 e. The average Bonchev–Trinajstić information content (AvgIpc) is 2.84. The van der Waals surface area contributed by atoms with Gasteiger partial charge < -0.3 is 15.0 Å². The molecule has 1 fully saturated rings. The summed E-state index contributed by atoms with van der Waals surface area (Å²) in [6.45, 7) is 1.37. The number of ether oxygens (including phenoxy) is 1. The average molecular weight is 433 g/mol. The van der Waals surface area contributed by atoms with E-state index >= 15 is 0 Å². The number of pyridine rings is 1. The zero-order valence-electron chi connectivity index (χ0n) is 17.5. The van der Waals surface area contributed by atoms with Crippen molar-refractivity contribution in [3.63, 3.8) is 0 Å². The first-order valence-electron chi connectivity index (χ1n) is 10.6. The molecule has 0 atom stereocenters. The Hall–Kier alpha value is -3.74. The normalized spacial score (nSPS) is 14.1. The monoisotopic (exact) mass is 433 g/mol. The molecule has 0 saturated carbocycles. The van der Waals surface area contributed by atoms with Crippen LogP contribution in [0, 0.1) is 11.7 Å². The molecule has 32 heavy (non-hydrogen) atoms. The number of carbonyl (C=O) groups excluding carboxylic acids is 2. The summed E-state index contributed by atoms with van der Waals surface area (Å²) in [5, 5.41) is 2.96. The molecule has 1 aliphatic heterocycles. The highest BCUT2D eigenvalue weighted by Crippen LogP contribution is 2.23. The van der Waals surface area contributed by atoms with E-state index in [0.29, 0.717) is 49.5 Å². The number of aromatic nitrogens is 1. The van der Waals surface area contributed by atoms with Crippen LogP contribution in [0.2, 0.25) is 0 Å². The zero-order chi connectivity index (χ0) is 22.3. The number of piperidine rings is 1. The van der Waals surface area contributed by atoms with Crippen LogP contribution in [0.4, 0.5) is 10.1 Å². The quantitative estimate of drug-likeness (QED) is 0.630. The van der Waals surface area contributed by atoms with Gasteiger partial charge in [-0.1, -0.05) is 12.1 Å². The fourth-order valence-corrected chi connectivity index (χ4v) is 3.68. The van der Waals surface area contributed by atoms with Crippen molar-refractivity contribution >= 4 is 17.5 Å². The molecule has 0 radical (unpaired) electrons. The van der Waals surface area contributed by atoms with Gasteiger partial charge >= 0.3 is 0 Å². The third-order valence-electron chi connectivity index (χ3n) is 5.47. The van der Waals surface area contributed by atoms with Crippen LogP contribution in [0.1, 0.15) is 28.8 Å². The van der Waals surface area contributed by atoms with E-state index in [-0.39, 0.29) is 23.5 Å². The molecule has 1 saturated heterocycles. The Morgan fingerprint density at radius 3 is 2.56 bits per heavy atom. The lowest BCUT2D eigenvalue weighted by molar-refractivity contribution is -0.121. The molecule has 2 heterocycles. The molecular weight excluding hydrogens is 409 g/mol. The van der Waals surface area contributed by atoms with Crippen molar-refractivity contribution in [1.82, 2.24) is 9.88 Å². The van der Waals surface area contributed by atoms with Crippen molar-refractivity contribution < 1.29 is 18.7 Å². The van der Waals surface area contributed by atoms with Gasteiger partial charge in [-0.25, -0.2) is 4.39 Å². The molecule has 0 unspecified atom stereocenters. The highest BCUT2D eigenvalue weighted by molar-refractivity contribution is 5.95. The molecule has 7 heteroatoms. The summed E-state index contributed by atoms with van der Waals surface area (Å²) in [4.78, 5) is 31.1. The summed E-state index contributed by atoms with van der Waals surface area (Å²) in [7, 11) is 0. The molecule has 2 amide bonds. The predicted octanol–water partition coefficient (Wildman–Crippen LogP) is 4.29. The van der Waals surface area contributed by atoms with Crippen LogP contribution in [0.3, 0.4) is 0 Å². The molecular formula is C25H24FN3O3. The Morgan fingerprint density at radius 2 is 1.84 bits per heavy atom. The van der Waals surface area contributed by atoms with Gasteiger partial charge in [0, 0.05) is 54.3 Å². The van der Waals surface area contributed by atoms with Gasteiger partial charge in [-0.3, -0.25) is 14.6 Å². The van der Waals surface area contributed by atoms with Crippen LogP contribution < -0.4 is 10.1 Å². The van der Waals surface area contributed by atoms with Crippen molar-refractivity contribution in [2.24, 2.45) is 5.92 Å². The summed E-state index contributed by atoms with van der Waals surface area (Å²) < 4.78 is 18.9. The van der Waals surface area contributed by atoms with E-state index in [0.717, 1.165) is 5.56 Å². The number of hydrogen-bond acceptors (Lipinski definition) is 4. The molecule has 1 N–H and O–H groups in total. The lowest BCUT2D eigenvalue weighted by Crippen LogP contribution is -2.41. The van der Waals surface area contributed by atoms with Crippen molar-refractivity contribution in [3.8, 4) is 5.75 Å². The van der Waals surface area contributed by atoms with Gasteiger partial charge in [-0.2, -0.15) is 0 Å². The molecule has 0 bridgehead atoms. The first kappa shape index (κ1) is 21.5. The van der Waals surface area contributed by atoms with E-state index < -0.39 is 0 Å². The summed E-state index contributed by atoms with van der Waals surface area (Å²) in [5.41, 5.74) is 2.09. The molecule has 4 rings (SSSR count). The van der Waals surface area contributed by atoms with Crippen molar-refractivity contribution in [1.29, 1.82) is 0 Å². The maximum atomic E-state index is 13.1. The van der Waals surface area contributed by atoms with Gasteiger partial charge in [-0.15, -0.1) is 0 Å². The lowest BCUT2D eigenvalue weighted by atomic mass is 9.95. The van der Waals surface area contributed by atoms with Gasteiger partial charge in [-0.05, 0) is 55.3 Å². The molecule has 164 valence electrons. The number of anilines is 1. The number of likely N-dealkylation sites (tertiary alicyclic amines) is 1. The van der Waals surface area contributed by atoms with Crippen molar-refractivity contribution in [3.05, 3.63) is 90.0 Å². The smallest absolute Gasteiger partial charge is 0.253 e. The minimum absolute atomic E-state index is 0.0664. The van der Waals surface area contributed by atoms with E-state index in [9.17, 15) is 14.0 Å². The van der Waals surface area contributed by atoms with E-state index in [1.165, 1.54) is 24.3 Å². The first-order valence-corrected chi connectivity index (χ1v) is 10.6. The summed E-state index contributed by atoms with van der Waals surface area (Å²) in [6, 6.07) is 16.6. The van der Waals surface area contributed by atoms with E-state index in [1.807, 2.05) is 30.3 Å². The highest BCUT2D eigenvalue weighted by Gasteiger charge is 2.28. The molecule has 2 aromatic carbocycles. The molecule has 3 aromatic rings. The fourth-order valence-electron chi connectivity index (χ4n) is 3.68. The number of carbonyl (C=O) groups is 2. The first-order chi connectivity index (χ1) is 15.6. The second kappa shape index (κ2) is 10.0. The third kappa shape index (κ3) is 5.49. The second-order valence-corrected chi connectivity index (χ2v) is 7.74. The van der Waals surface area contributed by atoms with Gasteiger partial charge in [0.1, 0.15) is 18.2 Å². The van der Waals surface area contributed by atoms with Crippen LogP contribution in [-0.2, 0) is 11.4 Å². The fraction of sp³-hybridized carbons (Fsp3) is 0.240. The largest absolute Gasteiger partial charge is 0.489 e.